The molecule has 0 radical (unpaired) electrons. The number of anilines is 2. The number of hydrogen-bond acceptors (Lipinski definition) is 6. The van der Waals surface area contributed by atoms with Crippen molar-refractivity contribution >= 4 is 40.4 Å². The molecule has 0 unspecified atom stereocenters. The van der Waals surface area contributed by atoms with Crippen molar-refractivity contribution in [2.24, 2.45) is 5.92 Å². The Bertz CT molecular complexity index is 987. The van der Waals surface area contributed by atoms with E-state index in [-0.39, 0.29) is 5.91 Å². The van der Waals surface area contributed by atoms with Gasteiger partial charge in [-0.1, -0.05) is 23.7 Å². The number of likely N-dealkylation sites (tertiary alicyclic amines) is 1. The van der Waals surface area contributed by atoms with Gasteiger partial charge < -0.3 is 10.6 Å². The van der Waals surface area contributed by atoms with E-state index in [0.29, 0.717) is 28.4 Å². The summed E-state index contributed by atoms with van der Waals surface area (Å²) in [5, 5.41) is 10.1. The fourth-order valence-electron chi connectivity index (χ4n) is 3.86. The van der Waals surface area contributed by atoms with E-state index < -0.39 is 0 Å². The summed E-state index contributed by atoms with van der Waals surface area (Å²) in [5.41, 5.74) is 1.45. The van der Waals surface area contributed by atoms with Crippen LogP contribution in [0.3, 0.4) is 0 Å². The third-order valence-corrected chi connectivity index (χ3v) is 6.90. The van der Waals surface area contributed by atoms with Crippen LogP contribution in [-0.2, 0) is 0 Å². The van der Waals surface area contributed by atoms with Gasteiger partial charge in [0.1, 0.15) is 10.8 Å². The summed E-state index contributed by atoms with van der Waals surface area (Å²) in [6.07, 6.45) is 5.66. The Morgan fingerprint density at radius 1 is 1.23 bits per heavy atom. The Balaban J connectivity index is 1.31. The van der Waals surface area contributed by atoms with E-state index in [4.69, 9.17) is 11.6 Å². The Hall–Kier alpha value is -2.48. The van der Waals surface area contributed by atoms with Crippen LogP contribution in [-0.4, -0.2) is 40.4 Å². The zero-order valence-corrected chi connectivity index (χ0v) is 19.0. The van der Waals surface area contributed by atoms with Crippen molar-refractivity contribution in [1.82, 2.24) is 14.9 Å². The van der Waals surface area contributed by atoms with Gasteiger partial charge >= 0.3 is 0 Å². The lowest BCUT2D eigenvalue weighted by molar-refractivity contribution is 0.102. The first-order chi connectivity index (χ1) is 15.1. The molecule has 2 N–H and O–H groups in total. The lowest BCUT2D eigenvalue weighted by atomic mass is 9.95. The largest absolute Gasteiger partial charge is 0.384 e. The Morgan fingerprint density at radius 3 is 2.74 bits per heavy atom. The predicted molar refractivity (Wildman–Crippen MR) is 127 cm³/mol. The number of para-hydroxylation sites is 1. The molecule has 1 aromatic carbocycles. The summed E-state index contributed by atoms with van der Waals surface area (Å²) in [6.45, 7) is 5.22. The van der Waals surface area contributed by atoms with Crippen LogP contribution in [0.25, 0.3) is 0 Å². The molecule has 6 nitrogen and oxygen atoms in total. The highest BCUT2D eigenvalue weighted by Crippen LogP contribution is 2.28. The SMILES string of the molecule is C[C@H](c1nccs1)N1CCC(CNc2ccccc2C(=O)Nc2ccc(Cl)cn2)CC1. The molecule has 3 heterocycles. The monoisotopic (exact) mass is 455 g/mol. The summed E-state index contributed by atoms with van der Waals surface area (Å²) in [6, 6.07) is 11.4. The Kier molecular flexibility index (Phi) is 7.17. The van der Waals surface area contributed by atoms with Gasteiger partial charge in [-0.25, -0.2) is 9.97 Å². The van der Waals surface area contributed by atoms with Crippen molar-refractivity contribution in [2.45, 2.75) is 25.8 Å². The number of halogens is 1. The van der Waals surface area contributed by atoms with Crippen LogP contribution in [0, 0.1) is 5.92 Å². The number of pyridine rings is 1. The van der Waals surface area contributed by atoms with Crippen molar-refractivity contribution in [3.8, 4) is 0 Å². The van der Waals surface area contributed by atoms with Crippen molar-refractivity contribution in [3.63, 3.8) is 0 Å². The van der Waals surface area contributed by atoms with Gasteiger partial charge in [-0.05, 0) is 63.0 Å². The van der Waals surface area contributed by atoms with Crippen LogP contribution < -0.4 is 10.6 Å². The summed E-state index contributed by atoms with van der Waals surface area (Å²) in [4.78, 5) is 23.9. The fourth-order valence-corrected chi connectivity index (χ4v) is 4.70. The second-order valence-corrected chi connectivity index (χ2v) is 9.13. The number of rotatable bonds is 7. The highest BCUT2D eigenvalue weighted by atomic mass is 35.5. The van der Waals surface area contributed by atoms with E-state index in [0.717, 1.165) is 38.2 Å². The summed E-state index contributed by atoms with van der Waals surface area (Å²) in [5.74, 6) is 0.865. The molecule has 0 aliphatic carbocycles. The lowest BCUT2D eigenvalue weighted by Crippen LogP contribution is -2.37. The van der Waals surface area contributed by atoms with Gasteiger partial charge in [0.05, 0.1) is 16.6 Å². The van der Waals surface area contributed by atoms with Crippen LogP contribution in [0.2, 0.25) is 5.02 Å². The van der Waals surface area contributed by atoms with E-state index in [2.05, 4.69) is 32.4 Å². The van der Waals surface area contributed by atoms with Crippen molar-refractivity contribution in [2.75, 3.05) is 30.3 Å². The molecule has 1 aliphatic rings. The zero-order valence-electron chi connectivity index (χ0n) is 17.4. The van der Waals surface area contributed by atoms with Crippen LogP contribution >= 0.6 is 22.9 Å². The van der Waals surface area contributed by atoms with E-state index in [1.165, 1.54) is 11.2 Å². The number of carbonyl (C=O) groups excluding carboxylic acids is 1. The van der Waals surface area contributed by atoms with Gasteiger partial charge in [-0.3, -0.25) is 9.69 Å². The smallest absolute Gasteiger partial charge is 0.258 e. The first kappa shape index (κ1) is 21.7. The average Bonchev–Trinajstić information content (AvgIpc) is 3.34. The number of nitrogens with one attached hydrogen (secondary N) is 2. The molecular formula is C23H26ClN5OS. The first-order valence-corrected chi connectivity index (χ1v) is 11.7. The minimum atomic E-state index is -0.190. The Labute approximate surface area is 191 Å². The highest BCUT2D eigenvalue weighted by Gasteiger charge is 2.25. The molecule has 3 aromatic rings. The minimum Gasteiger partial charge on any atom is -0.384 e. The number of nitrogens with zero attached hydrogens (tertiary/aromatic N) is 3. The molecule has 31 heavy (non-hydrogen) atoms. The second kappa shape index (κ2) is 10.2. The standard InChI is InChI=1S/C23H26ClN5OS/c1-16(23-25-10-13-31-23)29-11-8-17(9-12-29)14-26-20-5-3-2-4-19(20)22(30)28-21-7-6-18(24)15-27-21/h2-7,10,13,15-17,26H,8-9,11-12,14H2,1H3,(H,27,28,30)/t16-/m1/s1. The summed E-state index contributed by atoms with van der Waals surface area (Å²) >= 11 is 7.59. The molecule has 162 valence electrons. The molecule has 2 aromatic heterocycles. The van der Waals surface area contributed by atoms with Crippen LogP contribution in [0.15, 0.2) is 54.2 Å². The number of hydrogen-bond donors (Lipinski definition) is 2. The first-order valence-electron chi connectivity index (χ1n) is 10.5. The normalized spacial score (nSPS) is 16.1. The van der Waals surface area contributed by atoms with Crippen molar-refractivity contribution in [1.29, 1.82) is 0 Å². The van der Waals surface area contributed by atoms with E-state index in [9.17, 15) is 4.79 Å². The van der Waals surface area contributed by atoms with Crippen molar-refractivity contribution < 1.29 is 4.79 Å². The molecule has 1 saturated heterocycles. The molecule has 0 saturated carbocycles. The fraction of sp³-hybridized carbons (Fsp3) is 0.348. The third kappa shape index (κ3) is 5.61. The molecule has 1 fully saturated rings. The van der Waals surface area contributed by atoms with Gasteiger partial charge in [0.25, 0.3) is 5.91 Å². The topological polar surface area (TPSA) is 70.2 Å². The van der Waals surface area contributed by atoms with E-state index in [1.807, 2.05) is 35.8 Å². The number of piperidine rings is 1. The maximum atomic E-state index is 12.8. The van der Waals surface area contributed by atoms with Crippen molar-refractivity contribution in [3.05, 3.63) is 69.8 Å². The second-order valence-electron chi connectivity index (χ2n) is 7.77. The molecule has 4 rings (SSSR count). The van der Waals surface area contributed by atoms with Gasteiger partial charge in [0, 0.05) is 30.0 Å². The maximum Gasteiger partial charge on any atom is 0.258 e. The van der Waals surface area contributed by atoms with E-state index in [1.54, 1.807) is 23.5 Å². The molecule has 0 spiro atoms. The van der Waals surface area contributed by atoms with Crippen LogP contribution in [0.5, 0.6) is 0 Å². The van der Waals surface area contributed by atoms with Crippen LogP contribution in [0.1, 0.15) is 41.2 Å². The molecule has 1 aliphatic heterocycles. The highest BCUT2D eigenvalue weighted by molar-refractivity contribution is 7.09. The third-order valence-electron chi connectivity index (χ3n) is 5.73. The van der Waals surface area contributed by atoms with E-state index >= 15 is 0 Å². The van der Waals surface area contributed by atoms with Gasteiger partial charge in [-0.15, -0.1) is 11.3 Å². The summed E-state index contributed by atoms with van der Waals surface area (Å²) < 4.78 is 0. The number of carbonyl (C=O) groups is 1. The predicted octanol–water partition coefficient (Wildman–Crippen LogP) is 5.33. The zero-order chi connectivity index (χ0) is 21.6. The quantitative estimate of drug-likeness (QED) is 0.504. The maximum absolute atomic E-state index is 12.8. The molecule has 1 amide bonds. The number of amides is 1. The van der Waals surface area contributed by atoms with Crippen LogP contribution in [0.4, 0.5) is 11.5 Å². The number of benzene rings is 1. The molecule has 1 atom stereocenters. The average molecular weight is 456 g/mol. The minimum absolute atomic E-state index is 0.190. The Morgan fingerprint density at radius 2 is 2.03 bits per heavy atom. The molecular weight excluding hydrogens is 430 g/mol. The van der Waals surface area contributed by atoms with Gasteiger partial charge in [-0.2, -0.15) is 0 Å². The molecule has 0 bridgehead atoms. The van der Waals surface area contributed by atoms with Gasteiger partial charge in [0.2, 0.25) is 0 Å². The summed E-state index contributed by atoms with van der Waals surface area (Å²) in [7, 11) is 0. The lowest BCUT2D eigenvalue weighted by Gasteiger charge is -2.35. The van der Waals surface area contributed by atoms with Gasteiger partial charge in [0.15, 0.2) is 0 Å². The number of thiazole rings is 1. The molecule has 8 heteroatoms. The number of aromatic nitrogens is 2.